The zero-order chi connectivity index (χ0) is 12.6. The van der Waals surface area contributed by atoms with Crippen molar-refractivity contribution in [2.24, 2.45) is 0 Å². The fraction of sp³-hybridized carbons (Fsp3) is 0.923. The van der Waals surface area contributed by atoms with Crippen molar-refractivity contribution in [3.05, 3.63) is 0 Å². The van der Waals surface area contributed by atoms with E-state index < -0.39 is 0 Å². The van der Waals surface area contributed by atoms with Crippen LogP contribution in [-0.4, -0.2) is 36.0 Å². The number of nitrogens with one attached hydrogen (secondary N) is 1. The van der Waals surface area contributed by atoms with E-state index in [4.69, 9.17) is 0 Å². The van der Waals surface area contributed by atoms with E-state index >= 15 is 0 Å². The van der Waals surface area contributed by atoms with E-state index in [0.29, 0.717) is 6.54 Å². The molecule has 0 aromatic rings. The Hall–Kier alpha value is -0.570. The van der Waals surface area contributed by atoms with Crippen molar-refractivity contribution in [2.45, 2.75) is 59.4 Å². The van der Waals surface area contributed by atoms with Crippen molar-refractivity contribution in [3.8, 4) is 0 Å². The number of hydrogen-bond donors (Lipinski definition) is 1. The summed E-state index contributed by atoms with van der Waals surface area (Å²) in [6, 6.07) is 0. The van der Waals surface area contributed by atoms with Gasteiger partial charge in [0.05, 0.1) is 6.54 Å². The third-order valence-electron chi connectivity index (χ3n) is 2.81. The van der Waals surface area contributed by atoms with Crippen LogP contribution in [0.4, 0.5) is 0 Å². The molecule has 16 heavy (non-hydrogen) atoms. The van der Waals surface area contributed by atoms with Gasteiger partial charge in [-0.05, 0) is 46.2 Å². The van der Waals surface area contributed by atoms with Crippen LogP contribution in [0.15, 0.2) is 0 Å². The van der Waals surface area contributed by atoms with Crippen LogP contribution in [0.2, 0.25) is 0 Å². The lowest BCUT2D eigenvalue weighted by Gasteiger charge is -2.27. The molecule has 1 amide bonds. The molecule has 0 aliphatic rings. The second-order valence-electron chi connectivity index (χ2n) is 5.06. The average molecular weight is 228 g/mol. The molecule has 0 saturated carbocycles. The minimum Gasteiger partial charge on any atom is -0.350 e. The molecular formula is C13H28N2O. The van der Waals surface area contributed by atoms with Gasteiger partial charge in [0, 0.05) is 5.54 Å². The van der Waals surface area contributed by atoms with Gasteiger partial charge in [0.25, 0.3) is 0 Å². The SMILES string of the molecule is CCCN(CCC)CC(=O)NC(C)(C)CC. The first-order valence-electron chi connectivity index (χ1n) is 6.48. The van der Waals surface area contributed by atoms with E-state index in [1.165, 1.54) is 0 Å². The highest BCUT2D eigenvalue weighted by atomic mass is 16.2. The Morgan fingerprint density at radius 2 is 1.62 bits per heavy atom. The summed E-state index contributed by atoms with van der Waals surface area (Å²) in [6.07, 6.45) is 3.16. The van der Waals surface area contributed by atoms with Gasteiger partial charge in [0.1, 0.15) is 0 Å². The lowest BCUT2D eigenvalue weighted by Crippen LogP contribution is -2.47. The quantitative estimate of drug-likeness (QED) is 0.692. The van der Waals surface area contributed by atoms with Gasteiger partial charge in [-0.25, -0.2) is 0 Å². The predicted octanol–water partition coefficient (Wildman–Crippen LogP) is 2.41. The third kappa shape index (κ3) is 6.83. The topological polar surface area (TPSA) is 32.3 Å². The molecule has 0 bridgehead atoms. The Balaban J connectivity index is 4.08. The lowest BCUT2D eigenvalue weighted by atomic mass is 10.0. The smallest absolute Gasteiger partial charge is 0.234 e. The summed E-state index contributed by atoms with van der Waals surface area (Å²) in [4.78, 5) is 14.0. The molecule has 0 radical (unpaired) electrons. The highest BCUT2D eigenvalue weighted by Gasteiger charge is 2.18. The van der Waals surface area contributed by atoms with Crippen molar-refractivity contribution in [2.75, 3.05) is 19.6 Å². The van der Waals surface area contributed by atoms with Crippen LogP contribution in [0.5, 0.6) is 0 Å². The van der Waals surface area contributed by atoms with Crippen LogP contribution < -0.4 is 5.32 Å². The maximum atomic E-state index is 11.8. The van der Waals surface area contributed by atoms with Gasteiger partial charge in [-0.15, -0.1) is 0 Å². The number of carbonyl (C=O) groups is 1. The number of amides is 1. The van der Waals surface area contributed by atoms with E-state index in [0.717, 1.165) is 32.4 Å². The molecule has 96 valence electrons. The molecule has 0 rings (SSSR count). The monoisotopic (exact) mass is 228 g/mol. The van der Waals surface area contributed by atoms with Crippen molar-refractivity contribution < 1.29 is 4.79 Å². The highest BCUT2D eigenvalue weighted by Crippen LogP contribution is 2.06. The Labute approximate surface area is 101 Å². The fourth-order valence-corrected chi connectivity index (χ4v) is 1.61. The second kappa shape index (κ2) is 7.66. The molecule has 0 atom stereocenters. The van der Waals surface area contributed by atoms with Gasteiger partial charge >= 0.3 is 0 Å². The Morgan fingerprint density at radius 3 is 2.00 bits per heavy atom. The third-order valence-corrected chi connectivity index (χ3v) is 2.81. The summed E-state index contributed by atoms with van der Waals surface area (Å²) >= 11 is 0. The van der Waals surface area contributed by atoms with Gasteiger partial charge in [0.15, 0.2) is 0 Å². The predicted molar refractivity (Wildman–Crippen MR) is 69.5 cm³/mol. The first-order chi connectivity index (χ1) is 7.45. The molecule has 1 N–H and O–H groups in total. The first kappa shape index (κ1) is 15.4. The summed E-state index contributed by atoms with van der Waals surface area (Å²) in [5.74, 6) is 0.147. The molecule has 3 heteroatoms. The first-order valence-corrected chi connectivity index (χ1v) is 6.48. The number of carbonyl (C=O) groups excluding carboxylic acids is 1. The largest absolute Gasteiger partial charge is 0.350 e. The summed E-state index contributed by atoms with van der Waals surface area (Å²) in [6.45, 7) is 13.1. The molecule has 0 fully saturated rings. The molecule has 0 aliphatic heterocycles. The van der Waals surface area contributed by atoms with Crippen LogP contribution >= 0.6 is 0 Å². The summed E-state index contributed by atoms with van der Waals surface area (Å²) < 4.78 is 0. The summed E-state index contributed by atoms with van der Waals surface area (Å²) in [5, 5.41) is 3.07. The fourth-order valence-electron chi connectivity index (χ4n) is 1.61. The van der Waals surface area contributed by atoms with Crippen molar-refractivity contribution in [1.29, 1.82) is 0 Å². The average Bonchev–Trinajstić information content (AvgIpc) is 2.17. The van der Waals surface area contributed by atoms with Crippen LogP contribution in [-0.2, 0) is 4.79 Å². The number of nitrogens with zero attached hydrogens (tertiary/aromatic N) is 1. The summed E-state index contributed by atoms with van der Waals surface area (Å²) in [5.41, 5.74) is -0.0822. The van der Waals surface area contributed by atoms with Crippen LogP contribution in [0.25, 0.3) is 0 Å². The summed E-state index contributed by atoms with van der Waals surface area (Å²) in [7, 11) is 0. The maximum absolute atomic E-state index is 11.8. The number of rotatable bonds is 8. The molecule has 0 aromatic heterocycles. The minimum atomic E-state index is -0.0822. The molecule has 0 unspecified atom stereocenters. The van der Waals surface area contributed by atoms with E-state index in [1.54, 1.807) is 0 Å². The van der Waals surface area contributed by atoms with Gasteiger partial charge < -0.3 is 5.32 Å². The Kier molecular flexibility index (Phi) is 7.39. The zero-order valence-corrected chi connectivity index (χ0v) is 11.6. The van der Waals surface area contributed by atoms with E-state index in [-0.39, 0.29) is 11.4 Å². The Bertz CT molecular complexity index is 196. The highest BCUT2D eigenvalue weighted by molar-refractivity contribution is 5.78. The van der Waals surface area contributed by atoms with Crippen LogP contribution in [0, 0.1) is 0 Å². The van der Waals surface area contributed by atoms with Crippen LogP contribution in [0.1, 0.15) is 53.9 Å². The van der Waals surface area contributed by atoms with Gasteiger partial charge in [-0.3, -0.25) is 9.69 Å². The number of hydrogen-bond acceptors (Lipinski definition) is 2. The maximum Gasteiger partial charge on any atom is 0.234 e. The van der Waals surface area contributed by atoms with E-state index in [9.17, 15) is 4.79 Å². The van der Waals surface area contributed by atoms with E-state index in [2.05, 4.69) is 44.8 Å². The van der Waals surface area contributed by atoms with Crippen molar-refractivity contribution in [3.63, 3.8) is 0 Å². The standard InChI is InChI=1S/C13H28N2O/c1-6-9-15(10-7-2)11-12(16)14-13(4,5)8-3/h6-11H2,1-5H3,(H,14,16). The zero-order valence-electron chi connectivity index (χ0n) is 11.6. The minimum absolute atomic E-state index is 0.0822. The Morgan fingerprint density at radius 1 is 1.12 bits per heavy atom. The van der Waals surface area contributed by atoms with Crippen molar-refractivity contribution >= 4 is 5.91 Å². The molecule has 0 saturated heterocycles. The van der Waals surface area contributed by atoms with Crippen LogP contribution in [0.3, 0.4) is 0 Å². The molecular weight excluding hydrogens is 200 g/mol. The molecule has 3 nitrogen and oxygen atoms in total. The normalized spacial score (nSPS) is 11.9. The van der Waals surface area contributed by atoms with Gasteiger partial charge in [0.2, 0.25) is 5.91 Å². The molecule has 0 aromatic carbocycles. The lowest BCUT2D eigenvalue weighted by molar-refractivity contribution is -0.123. The van der Waals surface area contributed by atoms with Crippen molar-refractivity contribution in [1.82, 2.24) is 10.2 Å². The van der Waals surface area contributed by atoms with Gasteiger partial charge in [-0.1, -0.05) is 20.8 Å². The molecule has 0 heterocycles. The molecule has 0 aliphatic carbocycles. The second-order valence-corrected chi connectivity index (χ2v) is 5.06. The van der Waals surface area contributed by atoms with E-state index in [1.807, 2.05) is 0 Å². The van der Waals surface area contributed by atoms with Gasteiger partial charge in [-0.2, -0.15) is 0 Å². The molecule has 0 spiro atoms.